The highest BCUT2D eigenvalue weighted by molar-refractivity contribution is 6.05. The van der Waals surface area contributed by atoms with E-state index in [1.807, 2.05) is 0 Å². The molecule has 0 aromatic heterocycles. The fourth-order valence-electron chi connectivity index (χ4n) is 4.56. The van der Waals surface area contributed by atoms with Crippen LogP contribution in [-0.4, -0.2) is 93.0 Å². The Kier molecular flexibility index (Phi) is 14.2. The number of nitrogens with zero attached hydrogens (tertiary/aromatic N) is 1. The van der Waals surface area contributed by atoms with Crippen LogP contribution in [0.3, 0.4) is 0 Å². The molecule has 268 valence electrons. The molecule has 0 spiro atoms. The van der Waals surface area contributed by atoms with E-state index in [0.717, 1.165) is 0 Å². The van der Waals surface area contributed by atoms with Gasteiger partial charge in [-0.2, -0.15) is 0 Å². The van der Waals surface area contributed by atoms with Crippen molar-refractivity contribution in [3.8, 4) is 11.5 Å². The first-order valence-electron chi connectivity index (χ1n) is 16.0. The smallest absolute Gasteiger partial charge is 0.307 e. The van der Waals surface area contributed by atoms with Gasteiger partial charge in [0, 0.05) is 28.9 Å². The normalized spacial score (nSPS) is 17.4. The number of ether oxygens (including phenoxy) is 2. The molecule has 0 aliphatic carbocycles. The van der Waals surface area contributed by atoms with Gasteiger partial charge in [-0.05, 0) is 76.2 Å². The zero-order valence-electron chi connectivity index (χ0n) is 29.3. The van der Waals surface area contributed by atoms with E-state index in [1.165, 1.54) is 39.5 Å². The van der Waals surface area contributed by atoms with Crippen LogP contribution in [0.4, 0.5) is 0 Å². The van der Waals surface area contributed by atoms with Crippen LogP contribution in [0.25, 0.3) is 0 Å². The lowest BCUT2D eigenvalue weighted by molar-refractivity contribution is -0.146. The van der Waals surface area contributed by atoms with E-state index in [9.17, 15) is 39.0 Å². The minimum atomic E-state index is -1.43. The van der Waals surface area contributed by atoms with Crippen molar-refractivity contribution in [1.82, 2.24) is 10.2 Å². The Morgan fingerprint density at radius 2 is 1.12 bits per heavy atom. The molecule has 1 aliphatic heterocycles. The monoisotopic (exact) mass is 684 g/mol. The summed E-state index contributed by atoms with van der Waals surface area (Å²) in [4.78, 5) is 71.7. The first kappa shape index (κ1) is 40.6. The van der Waals surface area contributed by atoms with Gasteiger partial charge in [-0.3, -0.25) is 33.7 Å². The molecule has 1 saturated heterocycles. The highest BCUT2D eigenvalue weighted by Gasteiger charge is 2.41. The molecule has 0 saturated carbocycles. The van der Waals surface area contributed by atoms with E-state index >= 15 is 0 Å². The van der Waals surface area contributed by atoms with Gasteiger partial charge in [-0.15, -0.1) is 0 Å². The van der Waals surface area contributed by atoms with Gasteiger partial charge >= 0.3 is 5.97 Å². The summed E-state index contributed by atoms with van der Waals surface area (Å²) in [5, 5.41) is 30.9. The van der Waals surface area contributed by atoms with Crippen molar-refractivity contribution < 1.29 is 53.6 Å². The molecule has 4 unspecified atom stereocenters. The summed E-state index contributed by atoms with van der Waals surface area (Å²) in [6.45, 7) is 13.1. The van der Waals surface area contributed by atoms with Crippen molar-refractivity contribution in [2.45, 2.75) is 66.6 Å². The number of carbonyl (C=O) groups excluding carboxylic acids is 5. The number of Topliss-reactive ketones (excluding diaryl/α,β-unsaturated/α-hetero) is 2. The van der Waals surface area contributed by atoms with E-state index in [1.54, 1.807) is 69.3 Å². The highest BCUT2D eigenvalue weighted by atomic mass is 16.5. The molecule has 2 aromatic rings. The van der Waals surface area contributed by atoms with E-state index in [-0.39, 0.29) is 67.4 Å². The minimum Gasteiger partial charge on any atom is -0.492 e. The number of rotatable bonds is 15. The third kappa shape index (κ3) is 11.5. The van der Waals surface area contributed by atoms with Gasteiger partial charge in [0.25, 0.3) is 0 Å². The van der Waals surface area contributed by atoms with Gasteiger partial charge in [0.2, 0.25) is 17.7 Å². The number of aliphatic hydroxyl groups is 2. The van der Waals surface area contributed by atoms with Gasteiger partial charge < -0.3 is 30.1 Å². The van der Waals surface area contributed by atoms with Crippen molar-refractivity contribution in [3.05, 3.63) is 59.7 Å². The maximum atomic E-state index is 12.0. The average molecular weight is 685 g/mol. The number of likely N-dealkylation sites (tertiary alicyclic amines) is 1. The molecule has 1 aliphatic rings. The summed E-state index contributed by atoms with van der Waals surface area (Å²) in [6, 6.07) is 12.7. The fraction of sp³-hybridized carbons (Fsp3) is 0.500. The molecule has 3 amide bonds. The van der Waals surface area contributed by atoms with Crippen LogP contribution in [0.5, 0.6) is 11.5 Å². The molecule has 4 atom stereocenters. The minimum absolute atomic E-state index is 0.165. The predicted molar refractivity (Wildman–Crippen MR) is 179 cm³/mol. The first-order chi connectivity index (χ1) is 22.7. The number of carboxylic acid groups (broad SMARTS) is 1. The molecule has 13 nitrogen and oxygen atoms in total. The van der Waals surface area contributed by atoms with Crippen LogP contribution in [-0.2, 0) is 19.2 Å². The maximum Gasteiger partial charge on any atom is 0.307 e. The van der Waals surface area contributed by atoms with Gasteiger partial charge in [-0.25, -0.2) is 0 Å². The highest BCUT2D eigenvalue weighted by Crippen LogP contribution is 2.25. The number of ketones is 2. The third-order valence-electron chi connectivity index (χ3n) is 8.21. The Balaban J connectivity index is 0.000000340. The van der Waals surface area contributed by atoms with Gasteiger partial charge in [0.05, 0.1) is 19.0 Å². The molecule has 2 aromatic carbocycles. The maximum absolute atomic E-state index is 12.0. The molecule has 0 bridgehead atoms. The average Bonchev–Trinajstić information content (AvgIpc) is 3.23. The molecular formula is C36H48N2O11. The number of nitrogens with one attached hydrogen (secondary N) is 1. The molecule has 1 heterocycles. The number of amides is 3. The third-order valence-corrected chi connectivity index (χ3v) is 8.21. The van der Waals surface area contributed by atoms with E-state index in [4.69, 9.17) is 14.6 Å². The lowest BCUT2D eigenvalue weighted by Crippen LogP contribution is -2.37. The topological polar surface area (TPSA) is 197 Å². The second kappa shape index (κ2) is 17.2. The van der Waals surface area contributed by atoms with Crippen molar-refractivity contribution in [2.24, 2.45) is 23.7 Å². The molecular weight excluding hydrogens is 636 g/mol. The number of carboxylic acids is 1. The zero-order valence-corrected chi connectivity index (χ0v) is 29.3. The zero-order chi connectivity index (χ0) is 37.3. The van der Waals surface area contributed by atoms with Gasteiger partial charge in [-0.1, -0.05) is 27.7 Å². The van der Waals surface area contributed by atoms with Gasteiger partial charge in [0.15, 0.2) is 11.6 Å². The first-order valence-corrected chi connectivity index (χ1v) is 16.0. The van der Waals surface area contributed by atoms with E-state index < -0.39 is 29.0 Å². The van der Waals surface area contributed by atoms with Crippen molar-refractivity contribution in [1.29, 1.82) is 0 Å². The summed E-state index contributed by atoms with van der Waals surface area (Å²) in [6.07, 6.45) is 0. The Hall–Kier alpha value is -4.62. The summed E-state index contributed by atoms with van der Waals surface area (Å²) >= 11 is 0. The van der Waals surface area contributed by atoms with Gasteiger partial charge in [0.1, 0.15) is 35.9 Å². The summed E-state index contributed by atoms with van der Waals surface area (Å²) < 4.78 is 11.0. The summed E-state index contributed by atoms with van der Waals surface area (Å²) in [5.74, 6) is -3.36. The molecule has 1 fully saturated rings. The van der Waals surface area contributed by atoms with Crippen LogP contribution in [0, 0.1) is 23.7 Å². The lowest BCUT2D eigenvalue weighted by Gasteiger charge is -2.16. The second-order valence-electron chi connectivity index (χ2n) is 13.1. The van der Waals surface area contributed by atoms with Crippen molar-refractivity contribution >= 4 is 35.3 Å². The quantitative estimate of drug-likeness (QED) is 0.122. The second-order valence-corrected chi connectivity index (χ2v) is 13.1. The number of hydrogen-bond donors (Lipinski definition) is 4. The van der Waals surface area contributed by atoms with Crippen LogP contribution < -0.4 is 14.8 Å². The van der Waals surface area contributed by atoms with E-state index in [0.29, 0.717) is 22.6 Å². The fourth-order valence-corrected chi connectivity index (χ4v) is 4.56. The number of imide groups is 1. The van der Waals surface area contributed by atoms with Crippen LogP contribution in [0.2, 0.25) is 0 Å². The Morgan fingerprint density at radius 1 is 0.735 bits per heavy atom. The van der Waals surface area contributed by atoms with Crippen molar-refractivity contribution in [3.63, 3.8) is 0 Å². The number of benzene rings is 2. The number of hydrogen-bond acceptors (Lipinski definition) is 10. The largest absolute Gasteiger partial charge is 0.492 e. The lowest BCUT2D eigenvalue weighted by atomic mass is 9.95. The molecule has 0 radical (unpaired) electrons. The summed E-state index contributed by atoms with van der Waals surface area (Å²) in [5.41, 5.74) is -2.09. The number of carbonyl (C=O) groups is 6. The summed E-state index contributed by atoms with van der Waals surface area (Å²) in [7, 11) is 0. The van der Waals surface area contributed by atoms with E-state index in [2.05, 4.69) is 5.32 Å². The molecule has 3 rings (SSSR count). The Labute approximate surface area is 286 Å². The number of aliphatic carboxylic acids is 1. The van der Waals surface area contributed by atoms with Crippen molar-refractivity contribution in [2.75, 3.05) is 26.3 Å². The molecule has 49 heavy (non-hydrogen) atoms. The molecule has 13 heteroatoms. The Morgan fingerprint density at radius 3 is 1.49 bits per heavy atom. The standard InChI is InChI=1S/C18H25NO6.C18H23NO5/c1-11(12(2)17(22)23)16(21)19-9-10-25-14-7-5-13(6-8-14)15(20)18(3,4)24;1-11-12(2)17(22)19(16(11)21)9-10-24-14-7-5-13(6-8-14)15(20)18(3,4)23/h5-8,11-12,24H,9-10H2,1-4H3,(H,19,21)(H,22,23);5-8,11-12,23H,9-10H2,1-4H3. The van der Waals surface area contributed by atoms with Crippen LogP contribution >= 0.6 is 0 Å². The van der Waals surface area contributed by atoms with Crippen LogP contribution in [0.1, 0.15) is 76.1 Å². The van der Waals surface area contributed by atoms with Crippen LogP contribution in [0.15, 0.2) is 48.5 Å². The predicted octanol–water partition coefficient (Wildman–Crippen LogP) is 3.15. The molecule has 4 N–H and O–H groups in total. The Bertz CT molecular complexity index is 1470. The SMILES string of the molecule is CC(C(=O)O)C(C)C(=O)NCCOc1ccc(C(=O)C(C)(C)O)cc1.CC1C(=O)N(CCOc2ccc(C(=O)C(C)(C)O)cc2)C(=O)C1C.